The highest BCUT2D eigenvalue weighted by atomic mass is 32.2. The van der Waals surface area contributed by atoms with Crippen molar-refractivity contribution in [3.8, 4) is 0 Å². The molecule has 0 aliphatic carbocycles. The van der Waals surface area contributed by atoms with Crippen LogP contribution in [0.5, 0.6) is 0 Å². The Morgan fingerprint density at radius 3 is 1.20 bits per heavy atom. The number of carbonyl (C=O) groups is 2. The molecule has 0 fully saturated rings. The van der Waals surface area contributed by atoms with Crippen molar-refractivity contribution >= 4 is 53.5 Å². The molecule has 4 aromatic rings. The smallest absolute Gasteiger partial charge is 0.326 e. The van der Waals surface area contributed by atoms with E-state index in [0.717, 1.165) is 0 Å². The lowest BCUT2D eigenvalue weighted by molar-refractivity contribution is -0.166. The molecule has 0 saturated heterocycles. The maximum absolute atomic E-state index is 13.9. The van der Waals surface area contributed by atoms with Gasteiger partial charge in [-0.1, -0.05) is 72.8 Å². The maximum Gasteiger partial charge on any atom is 0.326 e. The summed E-state index contributed by atoms with van der Waals surface area (Å²) in [5, 5.41) is 1.94. The second kappa shape index (κ2) is 12.3. The fourth-order valence-electron chi connectivity index (χ4n) is 4.56. The molecule has 0 saturated carbocycles. The van der Waals surface area contributed by atoms with Crippen LogP contribution in [0.15, 0.2) is 94.7 Å². The first-order valence-electron chi connectivity index (χ1n) is 13.8. The maximum atomic E-state index is 13.9. The summed E-state index contributed by atoms with van der Waals surface area (Å²) in [4.78, 5) is 27.0. The van der Waals surface area contributed by atoms with Crippen LogP contribution in [0.2, 0.25) is 0 Å². The minimum atomic E-state index is -4.56. The molecule has 44 heavy (non-hydrogen) atoms. The fraction of sp³-hybridized carbons (Fsp3) is 0.312. The molecule has 4 aromatic carbocycles. The van der Waals surface area contributed by atoms with E-state index in [1.807, 2.05) is 0 Å². The molecule has 4 rings (SSSR count). The van der Waals surface area contributed by atoms with Gasteiger partial charge in [0.2, 0.25) is 20.0 Å². The molecule has 12 heteroatoms. The van der Waals surface area contributed by atoms with Crippen LogP contribution in [0.25, 0.3) is 21.5 Å². The van der Waals surface area contributed by atoms with E-state index in [9.17, 15) is 26.4 Å². The molecule has 0 aliphatic heterocycles. The molecule has 0 aliphatic rings. The van der Waals surface area contributed by atoms with Crippen LogP contribution in [0.3, 0.4) is 0 Å². The largest absolute Gasteiger partial charge is 0.459 e. The van der Waals surface area contributed by atoms with Gasteiger partial charge in [0.15, 0.2) is 0 Å². The van der Waals surface area contributed by atoms with Gasteiger partial charge in [-0.15, -0.1) is 0 Å². The number of carbonyl (C=O) groups excluding carboxylic acids is 2. The number of sulfonamides is 2. The Kier molecular flexibility index (Phi) is 9.22. The highest BCUT2D eigenvalue weighted by Crippen LogP contribution is 2.26. The Hall–Kier alpha value is -3.84. The summed E-state index contributed by atoms with van der Waals surface area (Å²) in [6, 6.07) is 18.6. The van der Waals surface area contributed by atoms with Gasteiger partial charge in [-0.05, 0) is 64.4 Å². The lowest BCUT2D eigenvalue weighted by Gasteiger charge is -2.31. The van der Waals surface area contributed by atoms with E-state index in [1.54, 1.807) is 102 Å². The third-order valence-corrected chi connectivity index (χ3v) is 9.30. The first kappa shape index (κ1) is 33.1. The molecule has 0 spiro atoms. The standard InChI is InChI=1S/C32H36N2O8S2/c1-31(2,3)41-29(35)27(33-43(37,38)25-19-11-15-21-13-7-9-17-23(21)25)28(30(36)42-32(4,5)6)34-44(39,40)26-20-12-16-22-14-8-10-18-24(22)26/h7-20,27-28,33-34H,1-6H3/t27-,28+. The number of benzene rings is 4. The van der Waals surface area contributed by atoms with Crippen molar-refractivity contribution in [1.82, 2.24) is 9.44 Å². The lowest BCUT2D eigenvalue weighted by atomic mass is 10.1. The van der Waals surface area contributed by atoms with Crippen molar-refractivity contribution in [3.63, 3.8) is 0 Å². The average molecular weight is 641 g/mol. The zero-order valence-corrected chi connectivity index (χ0v) is 27.0. The molecule has 0 bridgehead atoms. The fourth-order valence-corrected chi connectivity index (χ4v) is 7.41. The highest BCUT2D eigenvalue weighted by Gasteiger charge is 2.44. The third kappa shape index (κ3) is 7.81. The van der Waals surface area contributed by atoms with Gasteiger partial charge < -0.3 is 9.47 Å². The van der Waals surface area contributed by atoms with E-state index in [2.05, 4.69) is 9.44 Å². The Morgan fingerprint density at radius 2 is 0.864 bits per heavy atom. The second-order valence-corrected chi connectivity index (χ2v) is 15.6. The first-order valence-corrected chi connectivity index (χ1v) is 16.8. The van der Waals surface area contributed by atoms with Crippen LogP contribution >= 0.6 is 0 Å². The van der Waals surface area contributed by atoms with Gasteiger partial charge in [0, 0.05) is 10.8 Å². The number of nitrogens with one attached hydrogen (secondary N) is 2. The number of hydrogen-bond acceptors (Lipinski definition) is 8. The van der Waals surface area contributed by atoms with Crippen molar-refractivity contribution < 1.29 is 35.9 Å². The highest BCUT2D eigenvalue weighted by molar-refractivity contribution is 7.90. The van der Waals surface area contributed by atoms with Crippen LogP contribution in [-0.4, -0.2) is 52.1 Å². The summed E-state index contributed by atoms with van der Waals surface area (Å²) in [6.07, 6.45) is 0. The topological polar surface area (TPSA) is 145 Å². The predicted molar refractivity (Wildman–Crippen MR) is 168 cm³/mol. The molecule has 0 unspecified atom stereocenters. The monoisotopic (exact) mass is 640 g/mol. The van der Waals surface area contributed by atoms with Crippen LogP contribution in [0.1, 0.15) is 41.5 Å². The van der Waals surface area contributed by atoms with Gasteiger partial charge in [0.05, 0.1) is 9.79 Å². The van der Waals surface area contributed by atoms with Crippen molar-refractivity contribution in [2.75, 3.05) is 0 Å². The minimum Gasteiger partial charge on any atom is -0.459 e. The molecule has 234 valence electrons. The van der Waals surface area contributed by atoms with Gasteiger partial charge in [-0.3, -0.25) is 9.59 Å². The summed E-state index contributed by atoms with van der Waals surface area (Å²) in [7, 11) is -9.11. The summed E-state index contributed by atoms with van der Waals surface area (Å²) >= 11 is 0. The van der Waals surface area contributed by atoms with Crippen LogP contribution in [-0.2, 0) is 39.1 Å². The zero-order valence-electron chi connectivity index (χ0n) is 25.3. The Balaban J connectivity index is 1.87. The van der Waals surface area contributed by atoms with Gasteiger partial charge in [-0.2, -0.15) is 9.44 Å². The summed E-state index contributed by atoms with van der Waals surface area (Å²) in [5.41, 5.74) is -2.24. The van der Waals surface area contributed by atoms with Crippen LogP contribution in [0, 0.1) is 0 Å². The second-order valence-electron chi connectivity index (χ2n) is 12.2. The zero-order chi connectivity index (χ0) is 32.5. The van der Waals surface area contributed by atoms with Crippen molar-refractivity contribution in [2.24, 2.45) is 0 Å². The molecule has 2 atom stereocenters. The van der Waals surface area contributed by atoms with Crippen molar-refractivity contribution in [1.29, 1.82) is 0 Å². The van der Waals surface area contributed by atoms with E-state index in [4.69, 9.17) is 9.47 Å². The molecular weight excluding hydrogens is 604 g/mol. The van der Waals surface area contributed by atoms with Crippen LogP contribution in [0.4, 0.5) is 0 Å². The van der Waals surface area contributed by atoms with E-state index in [0.29, 0.717) is 21.5 Å². The number of fused-ring (bicyclic) bond motifs is 2. The molecule has 0 amide bonds. The molecular formula is C32H36N2O8S2. The molecule has 0 radical (unpaired) electrons. The Labute approximate surface area is 257 Å². The van der Waals surface area contributed by atoms with Crippen LogP contribution < -0.4 is 9.44 Å². The number of ether oxygens (including phenoxy) is 2. The van der Waals surface area contributed by atoms with Gasteiger partial charge in [0.1, 0.15) is 23.3 Å². The van der Waals surface area contributed by atoms with E-state index >= 15 is 0 Å². The number of esters is 2. The van der Waals surface area contributed by atoms with Gasteiger partial charge in [0.25, 0.3) is 0 Å². The summed E-state index contributed by atoms with van der Waals surface area (Å²) in [6.45, 7) is 9.36. The lowest BCUT2D eigenvalue weighted by Crippen LogP contribution is -2.61. The molecule has 0 aromatic heterocycles. The molecule has 2 N–H and O–H groups in total. The SMILES string of the molecule is CC(C)(C)OC(=O)[C@@H](NS(=O)(=O)c1cccc2ccccc12)[C@@H](NS(=O)(=O)c1cccc2ccccc12)C(=O)OC(C)(C)C. The Bertz CT molecular complexity index is 1770. The minimum absolute atomic E-state index is 0.177. The van der Waals surface area contributed by atoms with Gasteiger partial charge >= 0.3 is 11.9 Å². The van der Waals surface area contributed by atoms with E-state index < -0.39 is 55.3 Å². The summed E-state index contributed by atoms with van der Waals surface area (Å²) < 4.78 is 71.2. The van der Waals surface area contributed by atoms with E-state index in [-0.39, 0.29) is 9.79 Å². The normalized spacial score (nSPS) is 14.2. The third-order valence-electron chi connectivity index (χ3n) is 6.30. The Morgan fingerprint density at radius 1 is 0.545 bits per heavy atom. The number of rotatable bonds is 9. The molecule has 0 heterocycles. The number of hydrogen-bond donors (Lipinski definition) is 2. The average Bonchev–Trinajstić information content (AvgIpc) is 2.92. The predicted octanol–water partition coefficient (Wildman–Crippen LogP) is 4.67. The van der Waals surface area contributed by atoms with E-state index in [1.165, 1.54) is 24.3 Å². The van der Waals surface area contributed by atoms with Gasteiger partial charge in [-0.25, -0.2) is 16.8 Å². The van der Waals surface area contributed by atoms with Crippen molar-refractivity contribution in [3.05, 3.63) is 84.9 Å². The quantitative estimate of drug-likeness (QED) is 0.251. The molecule has 10 nitrogen and oxygen atoms in total. The first-order chi connectivity index (χ1) is 20.4. The van der Waals surface area contributed by atoms with Crippen molar-refractivity contribution in [2.45, 2.75) is 74.6 Å². The summed E-state index contributed by atoms with van der Waals surface area (Å²) in [5.74, 6) is -2.37.